The Morgan fingerprint density at radius 3 is 2.29 bits per heavy atom. The Morgan fingerprint density at radius 2 is 1.71 bits per heavy atom. The van der Waals surface area contributed by atoms with Crippen LogP contribution in [-0.2, 0) is 9.47 Å². The van der Waals surface area contributed by atoms with Gasteiger partial charge in [0.1, 0.15) is 0 Å². The van der Waals surface area contributed by atoms with Gasteiger partial charge >= 0.3 is 0 Å². The molecule has 2 rings (SSSR count). The molecule has 0 amide bonds. The zero-order valence-corrected chi connectivity index (χ0v) is 8.58. The predicted octanol–water partition coefficient (Wildman–Crippen LogP) is -0.129. The van der Waals surface area contributed by atoms with Gasteiger partial charge in [0, 0.05) is 12.1 Å². The van der Waals surface area contributed by atoms with Crippen molar-refractivity contribution >= 4 is 0 Å². The van der Waals surface area contributed by atoms with Crippen LogP contribution in [0.15, 0.2) is 0 Å². The van der Waals surface area contributed by atoms with E-state index in [1.807, 2.05) is 0 Å². The molecule has 1 aliphatic heterocycles. The summed E-state index contributed by atoms with van der Waals surface area (Å²) in [4.78, 5) is 0. The Balaban J connectivity index is 1.72. The molecule has 1 heterocycles. The first-order valence-corrected chi connectivity index (χ1v) is 5.51. The standard InChI is InChI=1S/C10H20N2O2/c11-8-1-2-9(5-8)12-10-6-13-3-4-14-7-10/h8-10,12H,1-7,11H2. The third-order valence-corrected chi connectivity index (χ3v) is 2.95. The molecule has 0 aromatic rings. The number of hydrogen-bond acceptors (Lipinski definition) is 4. The second kappa shape index (κ2) is 5.07. The monoisotopic (exact) mass is 200 g/mol. The molecule has 1 aliphatic carbocycles. The molecule has 0 spiro atoms. The highest BCUT2D eigenvalue weighted by molar-refractivity contribution is 4.85. The maximum atomic E-state index is 5.86. The summed E-state index contributed by atoms with van der Waals surface area (Å²) >= 11 is 0. The highest BCUT2D eigenvalue weighted by Gasteiger charge is 2.24. The molecule has 3 N–H and O–H groups in total. The third-order valence-electron chi connectivity index (χ3n) is 2.95. The fourth-order valence-corrected chi connectivity index (χ4v) is 2.21. The predicted molar refractivity (Wildman–Crippen MR) is 54.2 cm³/mol. The Labute approximate surface area is 85.1 Å². The SMILES string of the molecule is NC1CCC(NC2COCCOC2)C1. The Kier molecular flexibility index (Phi) is 3.75. The number of hydrogen-bond donors (Lipinski definition) is 2. The van der Waals surface area contributed by atoms with Crippen LogP contribution < -0.4 is 11.1 Å². The molecule has 82 valence electrons. The van der Waals surface area contributed by atoms with Gasteiger partial charge in [0.15, 0.2) is 0 Å². The summed E-state index contributed by atoms with van der Waals surface area (Å²) in [6, 6.07) is 1.31. The van der Waals surface area contributed by atoms with E-state index < -0.39 is 0 Å². The van der Waals surface area contributed by atoms with E-state index in [4.69, 9.17) is 15.2 Å². The number of nitrogens with one attached hydrogen (secondary N) is 1. The fourth-order valence-electron chi connectivity index (χ4n) is 2.21. The molecular formula is C10H20N2O2. The van der Waals surface area contributed by atoms with Gasteiger partial charge in [-0.1, -0.05) is 0 Å². The molecule has 4 nitrogen and oxygen atoms in total. The zero-order valence-electron chi connectivity index (χ0n) is 8.58. The van der Waals surface area contributed by atoms with Gasteiger partial charge in [-0.15, -0.1) is 0 Å². The van der Waals surface area contributed by atoms with Crippen molar-refractivity contribution in [3.05, 3.63) is 0 Å². The molecule has 2 aliphatic rings. The van der Waals surface area contributed by atoms with Gasteiger partial charge in [-0.05, 0) is 19.3 Å². The summed E-state index contributed by atoms with van der Waals surface area (Å²) in [5, 5.41) is 3.56. The van der Waals surface area contributed by atoms with Crippen molar-refractivity contribution in [2.75, 3.05) is 26.4 Å². The average Bonchev–Trinajstić information content (AvgIpc) is 2.43. The van der Waals surface area contributed by atoms with E-state index in [0.717, 1.165) is 39.3 Å². The highest BCUT2D eigenvalue weighted by atomic mass is 16.5. The lowest BCUT2D eigenvalue weighted by molar-refractivity contribution is 0.103. The van der Waals surface area contributed by atoms with Crippen LogP contribution in [0.2, 0.25) is 0 Å². The summed E-state index contributed by atoms with van der Waals surface area (Å²) in [7, 11) is 0. The van der Waals surface area contributed by atoms with E-state index >= 15 is 0 Å². The third kappa shape index (κ3) is 2.92. The smallest absolute Gasteiger partial charge is 0.0701 e. The lowest BCUT2D eigenvalue weighted by Crippen LogP contribution is -2.42. The van der Waals surface area contributed by atoms with Crippen LogP contribution in [0.4, 0.5) is 0 Å². The van der Waals surface area contributed by atoms with Crippen molar-refractivity contribution in [1.29, 1.82) is 0 Å². The molecule has 0 aromatic carbocycles. The van der Waals surface area contributed by atoms with Crippen molar-refractivity contribution in [3.63, 3.8) is 0 Å². The van der Waals surface area contributed by atoms with Crippen LogP contribution in [0.5, 0.6) is 0 Å². The summed E-state index contributed by atoms with van der Waals surface area (Å²) in [6.45, 7) is 2.99. The van der Waals surface area contributed by atoms with Gasteiger partial charge in [-0.25, -0.2) is 0 Å². The van der Waals surface area contributed by atoms with E-state index in [9.17, 15) is 0 Å². The summed E-state index contributed by atoms with van der Waals surface area (Å²) in [5.41, 5.74) is 5.86. The molecule has 2 fully saturated rings. The largest absolute Gasteiger partial charge is 0.377 e. The minimum absolute atomic E-state index is 0.354. The molecule has 1 saturated carbocycles. The highest BCUT2D eigenvalue weighted by Crippen LogP contribution is 2.17. The first-order chi connectivity index (χ1) is 6.84. The topological polar surface area (TPSA) is 56.5 Å². The van der Waals surface area contributed by atoms with Crippen LogP contribution in [0.25, 0.3) is 0 Å². The van der Waals surface area contributed by atoms with Crippen LogP contribution in [0.3, 0.4) is 0 Å². The average molecular weight is 200 g/mol. The molecule has 14 heavy (non-hydrogen) atoms. The van der Waals surface area contributed by atoms with Gasteiger partial charge in [-0.3, -0.25) is 0 Å². The zero-order chi connectivity index (χ0) is 9.80. The molecule has 2 atom stereocenters. The van der Waals surface area contributed by atoms with E-state index in [2.05, 4.69) is 5.32 Å². The van der Waals surface area contributed by atoms with Crippen molar-refractivity contribution in [2.24, 2.45) is 5.73 Å². The molecule has 0 aromatic heterocycles. The maximum absolute atomic E-state index is 5.86. The molecule has 4 heteroatoms. The van der Waals surface area contributed by atoms with Crippen molar-refractivity contribution in [1.82, 2.24) is 5.32 Å². The number of ether oxygens (including phenoxy) is 2. The van der Waals surface area contributed by atoms with Crippen molar-refractivity contribution in [3.8, 4) is 0 Å². The van der Waals surface area contributed by atoms with Gasteiger partial charge in [0.05, 0.1) is 32.5 Å². The minimum Gasteiger partial charge on any atom is -0.377 e. The van der Waals surface area contributed by atoms with Gasteiger partial charge in [0.2, 0.25) is 0 Å². The summed E-state index contributed by atoms with van der Waals surface area (Å²) < 4.78 is 10.9. The molecule has 0 radical (unpaired) electrons. The van der Waals surface area contributed by atoms with Crippen LogP contribution in [-0.4, -0.2) is 44.6 Å². The molecule has 2 unspecified atom stereocenters. The quantitative estimate of drug-likeness (QED) is 0.652. The molecule has 0 bridgehead atoms. The second-order valence-corrected chi connectivity index (χ2v) is 4.28. The second-order valence-electron chi connectivity index (χ2n) is 4.28. The van der Waals surface area contributed by atoms with Gasteiger partial charge < -0.3 is 20.5 Å². The number of nitrogens with two attached hydrogens (primary N) is 1. The minimum atomic E-state index is 0.354. The first-order valence-electron chi connectivity index (χ1n) is 5.51. The number of rotatable bonds is 2. The normalized spacial score (nSPS) is 35.8. The van der Waals surface area contributed by atoms with E-state index in [-0.39, 0.29) is 0 Å². The van der Waals surface area contributed by atoms with E-state index in [1.165, 1.54) is 6.42 Å². The van der Waals surface area contributed by atoms with Crippen LogP contribution >= 0.6 is 0 Å². The maximum Gasteiger partial charge on any atom is 0.0701 e. The van der Waals surface area contributed by atoms with Gasteiger partial charge in [0.25, 0.3) is 0 Å². The first kappa shape index (κ1) is 10.4. The van der Waals surface area contributed by atoms with E-state index in [1.54, 1.807) is 0 Å². The van der Waals surface area contributed by atoms with Crippen molar-refractivity contribution < 1.29 is 9.47 Å². The molecule has 1 saturated heterocycles. The Morgan fingerprint density at radius 1 is 1.00 bits per heavy atom. The fraction of sp³-hybridized carbons (Fsp3) is 1.00. The lowest BCUT2D eigenvalue weighted by atomic mass is 10.2. The summed E-state index contributed by atoms with van der Waals surface area (Å²) in [6.07, 6.45) is 3.43. The van der Waals surface area contributed by atoms with Crippen LogP contribution in [0.1, 0.15) is 19.3 Å². The lowest BCUT2D eigenvalue weighted by Gasteiger charge is -2.20. The van der Waals surface area contributed by atoms with Gasteiger partial charge in [-0.2, -0.15) is 0 Å². The summed E-state index contributed by atoms with van der Waals surface area (Å²) in [5.74, 6) is 0. The van der Waals surface area contributed by atoms with E-state index in [0.29, 0.717) is 18.1 Å². The Hall–Kier alpha value is -0.160. The van der Waals surface area contributed by atoms with Crippen LogP contribution in [0, 0.1) is 0 Å². The van der Waals surface area contributed by atoms with Crippen molar-refractivity contribution in [2.45, 2.75) is 37.4 Å². The molecular weight excluding hydrogens is 180 g/mol. The Bertz CT molecular complexity index is 170.